The van der Waals surface area contributed by atoms with Gasteiger partial charge in [-0.15, -0.1) is 0 Å². The summed E-state index contributed by atoms with van der Waals surface area (Å²) < 4.78 is 9.73. The van der Waals surface area contributed by atoms with Gasteiger partial charge in [0.15, 0.2) is 12.1 Å². The lowest BCUT2D eigenvalue weighted by atomic mass is 9.91. The first-order valence-electron chi connectivity index (χ1n) is 20.0. The van der Waals surface area contributed by atoms with E-state index in [4.69, 9.17) is 20.5 Å². The van der Waals surface area contributed by atoms with Crippen LogP contribution in [0.4, 0.5) is 0 Å². The summed E-state index contributed by atoms with van der Waals surface area (Å²) in [5, 5.41) is 8.03. The molecule has 0 aliphatic carbocycles. The van der Waals surface area contributed by atoms with E-state index >= 15 is 0 Å². The van der Waals surface area contributed by atoms with Crippen molar-refractivity contribution in [2.24, 2.45) is 33.9 Å². The van der Waals surface area contributed by atoms with Crippen molar-refractivity contribution in [1.82, 2.24) is 39.6 Å². The third-order valence-corrected chi connectivity index (χ3v) is 11.6. The van der Waals surface area contributed by atoms with Crippen LogP contribution >= 0.6 is 0 Å². The van der Waals surface area contributed by atoms with Gasteiger partial charge in [0.25, 0.3) is 0 Å². The molecule has 60 heavy (non-hydrogen) atoms. The standard InChI is InChI=1S/C42H51N12O6/c1-23(2)31(17-37(55)59-5)41(57)53-21-29(49-51-43)15-35(53)39-45-19-33(47-39)27-11-7-25(8-12-27)26-9-13-28(14-10-26)34-20-46-40(48-34)36-16-30(50-52-44)22-54(36)42(58)32(24(3)4)18-38(56)60-6/h7-14,19-20,23-24,29-32,35-36,43H,15-18,21-22H2,1-6H3,(H2,44,50)/q+1/p+1/t29-,30-,31+,32+,35+,36+/m1/s1. The fourth-order valence-electron chi connectivity index (χ4n) is 8.12. The van der Waals surface area contributed by atoms with E-state index in [1.54, 1.807) is 22.2 Å². The van der Waals surface area contributed by atoms with Crippen LogP contribution in [0.1, 0.15) is 77.1 Å². The molecule has 6 rings (SSSR count). The number of hydrogen-bond acceptors (Lipinski definition) is 12. The zero-order chi connectivity index (χ0) is 43.1. The number of hydrogen-bond donors (Lipinski definition) is 4. The molecule has 2 aromatic carbocycles. The van der Waals surface area contributed by atoms with E-state index in [0.29, 0.717) is 24.5 Å². The third kappa shape index (κ3) is 9.46. The number of rotatable bonds is 15. The maximum absolute atomic E-state index is 13.8. The summed E-state index contributed by atoms with van der Waals surface area (Å²) >= 11 is 0. The van der Waals surface area contributed by atoms with E-state index in [1.807, 2.05) is 76.2 Å². The molecule has 18 nitrogen and oxygen atoms in total. The van der Waals surface area contributed by atoms with Gasteiger partial charge in [-0.2, -0.15) is 0 Å². The lowest BCUT2D eigenvalue weighted by molar-refractivity contribution is -0.148. The van der Waals surface area contributed by atoms with Crippen molar-refractivity contribution in [3.8, 4) is 33.6 Å². The van der Waals surface area contributed by atoms with Gasteiger partial charge in [0.1, 0.15) is 32.9 Å². The van der Waals surface area contributed by atoms with E-state index in [1.165, 1.54) is 14.2 Å². The minimum atomic E-state index is -0.579. The van der Waals surface area contributed by atoms with Crippen LogP contribution in [0.25, 0.3) is 33.6 Å². The lowest BCUT2D eigenvalue weighted by Gasteiger charge is -2.29. The topological polar surface area (TPSA) is 251 Å². The number of amides is 2. The van der Waals surface area contributed by atoms with Crippen LogP contribution in [-0.4, -0.2) is 92.9 Å². The largest absolute Gasteiger partial charge is 0.469 e. The molecule has 0 bridgehead atoms. The van der Waals surface area contributed by atoms with E-state index in [2.05, 4.69) is 40.0 Å². The molecular weight excluding hydrogens is 769 g/mol. The molecule has 2 aromatic heterocycles. The Kier molecular flexibility index (Phi) is 13.6. The van der Waals surface area contributed by atoms with Crippen molar-refractivity contribution in [1.29, 1.82) is 11.1 Å². The SMILES string of the molecule is COC(=O)C[C@H](C(=O)N1C[C@H](N=[N+]=N)C[C@H]1c1ncc(-c2ccc(-c3ccc(-c4cnc([C@@H]5C[C@@H](N=[N+]=N)CN5C(=O)[C@@H](CC(=O)OC)C(C)C)[nH]4)cc3)cc2)[nH]1)C(C)C. The zero-order valence-electron chi connectivity index (χ0n) is 34.7. The van der Waals surface area contributed by atoms with Crippen molar-refractivity contribution in [3.05, 3.63) is 72.6 Å². The Morgan fingerprint density at radius 2 is 1.02 bits per heavy atom. The highest BCUT2D eigenvalue weighted by atomic mass is 16.5. The Balaban J connectivity index is 1.16. The van der Waals surface area contributed by atoms with Gasteiger partial charge in [-0.3, -0.25) is 19.2 Å². The molecule has 314 valence electrons. The van der Waals surface area contributed by atoms with Crippen LogP contribution in [0.5, 0.6) is 0 Å². The average Bonchev–Trinajstić information content (AvgIpc) is 4.08. The van der Waals surface area contributed by atoms with E-state index < -0.39 is 35.9 Å². The number of benzene rings is 2. The molecule has 0 spiro atoms. The third-order valence-electron chi connectivity index (χ3n) is 11.6. The minimum Gasteiger partial charge on any atom is -0.469 e. The highest BCUT2D eigenvalue weighted by Gasteiger charge is 2.44. The van der Waals surface area contributed by atoms with Crippen LogP contribution < -0.4 is 9.82 Å². The van der Waals surface area contributed by atoms with Gasteiger partial charge in [-0.05, 0) is 34.1 Å². The summed E-state index contributed by atoms with van der Waals surface area (Å²) in [5.41, 5.74) is 19.9. The number of imidazole rings is 2. The number of carbonyl (C=O) groups is 4. The van der Waals surface area contributed by atoms with Gasteiger partial charge >= 0.3 is 11.9 Å². The monoisotopic (exact) mass is 820 g/mol. The van der Waals surface area contributed by atoms with Gasteiger partial charge in [-0.1, -0.05) is 76.2 Å². The van der Waals surface area contributed by atoms with Crippen molar-refractivity contribution in [3.63, 3.8) is 0 Å². The van der Waals surface area contributed by atoms with Gasteiger partial charge in [0.05, 0.1) is 87.9 Å². The first kappa shape index (κ1) is 43.0. The second-order valence-electron chi connectivity index (χ2n) is 16.0. The predicted molar refractivity (Wildman–Crippen MR) is 217 cm³/mol. The quantitative estimate of drug-likeness (QED) is 0.0610. The molecule has 0 saturated carbocycles. The number of ether oxygens (including phenoxy) is 2. The molecule has 4 N–H and O–H groups in total. The number of methoxy groups -OCH3 is 2. The maximum Gasteiger partial charge on any atom is 0.306 e. The number of aromatic nitrogens is 4. The normalized spacial score (nSPS) is 19.7. The van der Waals surface area contributed by atoms with Crippen LogP contribution in [0.3, 0.4) is 0 Å². The zero-order valence-corrected chi connectivity index (χ0v) is 34.7. The van der Waals surface area contributed by atoms with Crippen LogP contribution in [0.15, 0.2) is 71.2 Å². The second-order valence-corrected chi connectivity index (χ2v) is 16.0. The summed E-state index contributed by atoms with van der Waals surface area (Å²) in [6.45, 7) is 8.13. The van der Waals surface area contributed by atoms with Gasteiger partial charge in [0, 0.05) is 12.8 Å². The number of esters is 2. The van der Waals surface area contributed by atoms with Crippen LogP contribution in [0.2, 0.25) is 0 Å². The molecule has 2 fully saturated rings. The van der Waals surface area contributed by atoms with E-state index in [9.17, 15) is 19.2 Å². The molecule has 4 aromatic rings. The van der Waals surface area contributed by atoms with E-state index in [0.717, 1.165) is 33.6 Å². The summed E-state index contributed by atoms with van der Waals surface area (Å²) in [6, 6.07) is 14.5. The van der Waals surface area contributed by atoms with Crippen molar-refractivity contribution >= 4 is 23.8 Å². The Morgan fingerprint density at radius 3 is 1.33 bits per heavy atom. The number of H-pyrrole nitrogens is 2. The number of aromatic amines is 2. The van der Waals surface area contributed by atoms with Gasteiger partial charge in [0.2, 0.25) is 21.6 Å². The molecule has 2 saturated heterocycles. The Labute approximate surface area is 347 Å². The fourth-order valence-corrected chi connectivity index (χ4v) is 8.12. The molecule has 4 heterocycles. The number of nitrogens with zero attached hydrogens (tertiary/aromatic N) is 8. The summed E-state index contributed by atoms with van der Waals surface area (Å²) in [7, 11) is 2.62. The fraction of sp³-hybridized carbons (Fsp3) is 0.476. The summed E-state index contributed by atoms with van der Waals surface area (Å²) in [6.07, 6.45) is 4.29. The number of likely N-dealkylation sites (tertiary alicyclic amines) is 2. The van der Waals surface area contributed by atoms with Crippen LogP contribution in [-0.2, 0) is 28.7 Å². The summed E-state index contributed by atoms with van der Waals surface area (Å²) in [5.74, 6) is -1.46. The molecule has 2 aliphatic rings. The summed E-state index contributed by atoms with van der Waals surface area (Å²) in [4.78, 5) is 78.0. The van der Waals surface area contributed by atoms with Gasteiger partial charge < -0.3 is 29.2 Å². The molecule has 0 unspecified atom stereocenters. The Hall–Kier alpha value is -6.64. The molecule has 2 aliphatic heterocycles. The molecule has 0 radical (unpaired) electrons. The highest BCUT2D eigenvalue weighted by molar-refractivity contribution is 5.85. The smallest absolute Gasteiger partial charge is 0.306 e. The Morgan fingerprint density at radius 1 is 0.667 bits per heavy atom. The first-order valence-corrected chi connectivity index (χ1v) is 20.0. The van der Waals surface area contributed by atoms with Crippen molar-refractivity contribution in [2.75, 3.05) is 27.3 Å². The Bertz CT molecular complexity index is 2110. The lowest BCUT2D eigenvalue weighted by Crippen LogP contribution is -2.39. The van der Waals surface area contributed by atoms with E-state index in [-0.39, 0.29) is 61.7 Å². The predicted octanol–water partition coefficient (Wildman–Crippen LogP) is 6.19. The number of carbonyl (C=O) groups excluding carboxylic acids is 4. The molecule has 2 amide bonds. The maximum atomic E-state index is 13.8. The molecule has 6 atom stereocenters. The molecular formula is C42H52N12O6+2. The second kappa shape index (κ2) is 19.0. The number of nitrogens with one attached hydrogen (secondary N) is 4. The highest BCUT2D eigenvalue weighted by Crippen LogP contribution is 2.38. The first-order chi connectivity index (χ1) is 28.8. The average molecular weight is 821 g/mol. The molecule has 18 heteroatoms. The van der Waals surface area contributed by atoms with Crippen LogP contribution in [0, 0.1) is 34.7 Å². The minimum absolute atomic E-state index is 0.0318. The van der Waals surface area contributed by atoms with Crippen molar-refractivity contribution < 1.29 is 28.7 Å². The van der Waals surface area contributed by atoms with Crippen molar-refractivity contribution in [2.45, 2.75) is 77.5 Å². The van der Waals surface area contributed by atoms with Gasteiger partial charge in [-0.25, -0.2) is 9.97 Å².